The first-order valence-electron chi connectivity index (χ1n) is 6.15. The Morgan fingerprint density at radius 1 is 1.14 bits per heavy atom. The molecule has 3 aromatic rings. The van der Waals surface area contributed by atoms with Gasteiger partial charge in [-0.2, -0.15) is 0 Å². The standard InChI is InChI=1S/C15H11BrClN3O/c1-21-13-7-9(17)3-4-10(13)15-19-12-5-2-8(16)6-11(12)14(18)20-15/h2-7H,1H3,(H2,18,19,20). The maximum Gasteiger partial charge on any atom is 0.165 e. The fourth-order valence-electron chi connectivity index (χ4n) is 2.09. The molecule has 4 nitrogen and oxygen atoms in total. The SMILES string of the molecule is COc1cc(Cl)ccc1-c1nc(N)c2cc(Br)ccc2n1. The van der Waals surface area contributed by atoms with E-state index in [1.165, 1.54) is 0 Å². The first-order valence-corrected chi connectivity index (χ1v) is 7.32. The molecule has 1 heterocycles. The number of methoxy groups -OCH3 is 1. The van der Waals surface area contributed by atoms with Crippen LogP contribution in [0.3, 0.4) is 0 Å². The molecule has 106 valence electrons. The van der Waals surface area contributed by atoms with Crippen molar-refractivity contribution < 1.29 is 4.74 Å². The Morgan fingerprint density at radius 2 is 1.95 bits per heavy atom. The van der Waals surface area contributed by atoms with Crippen LogP contribution in [-0.4, -0.2) is 17.1 Å². The molecule has 0 bridgehead atoms. The van der Waals surface area contributed by atoms with Crippen molar-refractivity contribution in [3.63, 3.8) is 0 Å². The van der Waals surface area contributed by atoms with Crippen LogP contribution in [0.5, 0.6) is 5.75 Å². The molecule has 0 aliphatic carbocycles. The van der Waals surface area contributed by atoms with Gasteiger partial charge < -0.3 is 10.5 Å². The van der Waals surface area contributed by atoms with Crippen LogP contribution in [0, 0.1) is 0 Å². The number of nitrogens with zero attached hydrogens (tertiary/aromatic N) is 2. The number of ether oxygens (including phenoxy) is 1. The van der Waals surface area contributed by atoms with Gasteiger partial charge in [0.1, 0.15) is 11.6 Å². The quantitative estimate of drug-likeness (QED) is 0.736. The van der Waals surface area contributed by atoms with Gasteiger partial charge in [0.05, 0.1) is 18.2 Å². The minimum Gasteiger partial charge on any atom is -0.496 e. The van der Waals surface area contributed by atoms with Crippen LogP contribution in [0.4, 0.5) is 5.82 Å². The van der Waals surface area contributed by atoms with E-state index in [-0.39, 0.29) is 0 Å². The van der Waals surface area contributed by atoms with E-state index in [9.17, 15) is 0 Å². The van der Waals surface area contributed by atoms with Crippen molar-refractivity contribution in [2.24, 2.45) is 0 Å². The monoisotopic (exact) mass is 363 g/mol. The minimum atomic E-state index is 0.424. The summed E-state index contributed by atoms with van der Waals surface area (Å²) in [5.41, 5.74) is 7.57. The lowest BCUT2D eigenvalue weighted by Gasteiger charge is -2.10. The Balaban J connectivity index is 2.24. The highest BCUT2D eigenvalue weighted by Gasteiger charge is 2.12. The van der Waals surface area contributed by atoms with Gasteiger partial charge in [0.2, 0.25) is 0 Å². The molecule has 0 aliphatic heterocycles. The summed E-state index contributed by atoms with van der Waals surface area (Å²) < 4.78 is 6.27. The molecule has 0 saturated carbocycles. The number of nitrogens with two attached hydrogens (primary N) is 1. The van der Waals surface area contributed by atoms with Gasteiger partial charge in [-0.1, -0.05) is 27.5 Å². The van der Waals surface area contributed by atoms with Crippen molar-refractivity contribution in [3.05, 3.63) is 45.9 Å². The maximum absolute atomic E-state index is 6.05. The molecule has 0 spiro atoms. The molecule has 6 heteroatoms. The second-order valence-electron chi connectivity index (χ2n) is 4.44. The third-order valence-electron chi connectivity index (χ3n) is 3.09. The number of halogens is 2. The van der Waals surface area contributed by atoms with E-state index in [1.54, 1.807) is 19.2 Å². The lowest BCUT2D eigenvalue weighted by molar-refractivity contribution is 0.416. The molecule has 0 unspecified atom stereocenters. The molecule has 0 radical (unpaired) electrons. The molecule has 3 rings (SSSR count). The van der Waals surface area contributed by atoms with Crippen molar-refractivity contribution in [2.45, 2.75) is 0 Å². The zero-order valence-corrected chi connectivity index (χ0v) is 13.4. The lowest BCUT2D eigenvalue weighted by Crippen LogP contribution is -1.99. The van der Waals surface area contributed by atoms with Crippen LogP contribution in [-0.2, 0) is 0 Å². The van der Waals surface area contributed by atoms with Crippen molar-refractivity contribution in [1.29, 1.82) is 0 Å². The van der Waals surface area contributed by atoms with Gasteiger partial charge in [-0.25, -0.2) is 9.97 Å². The number of benzene rings is 2. The van der Waals surface area contributed by atoms with Gasteiger partial charge >= 0.3 is 0 Å². The number of hydrogen-bond acceptors (Lipinski definition) is 4. The van der Waals surface area contributed by atoms with Crippen molar-refractivity contribution in [3.8, 4) is 17.1 Å². The molecule has 2 aromatic carbocycles. The van der Waals surface area contributed by atoms with Crippen LogP contribution >= 0.6 is 27.5 Å². The van der Waals surface area contributed by atoms with Gasteiger partial charge in [-0.3, -0.25) is 0 Å². The third-order valence-corrected chi connectivity index (χ3v) is 3.82. The largest absolute Gasteiger partial charge is 0.496 e. The summed E-state index contributed by atoms with van der Waals surface area (Å²) in [5.74, 6) is 1.54. The zero-order valence-electron chi connectivity index (χ0n) is 11.1. The molecule has 0 fully saturated rings. The van der Waals surface area contributed by atoms with E-state index in [0.29, 0.717) is 22.4 Å². The fourth-order valence-corrected chi connectivity index (χ4v) is 2.62. The third kappa shape index (κ3) is 2.66. The number of fused-ring (bicyclic) bond motifs is 1. The van der Waals surface area contributed by atoms with Crippen molar-refractivity contribution in [2.75, 3.05) is 12.8 Å². The summed E-state index contributed by atoms with van der Waals surface area (Å²) in [4.78, 5) is 8.92. The summed E-state index contributed by atoms with van der Waals surface area (Å²) in [5, 5.41) is 1.40. The summed E-state index contributed by atoms with van der Waals surface area (Å²) in [6.07, 6.45) is 0. The van der Waals surface area contributed by atoms with E-state index in [2.05, 4.69) is 25.9 Å². The summed E-state index contributed by atoms with van der Waals surface area (Å²) >= 11 is 9.39. The Kier molecular flexibility index (Phi) is 3.69. The Hall–Kier alpha value is -1.85. The molecule has 1 aromatic heterocycles. The van der Waals surface area contributed by atoms with Crippen LogP contribution in [0.2, 0.25) is 5.02 Å². The van der Waals surface area contributed by atoms with Crippen molar-refractivity contribution in [1.82, 2.24) is 9.97 Å². The van der Waals surface area contributed by atoms with Gasteiger partial charge in [0.25, 0.3) is 0 Å². The normalized spacial score (nSPS) is 10.8. The molecule has 2 N–H and O–H groups in total. The second-order valence-corrected chi connectivity index (χ2v) is 5.79. The first-order chi connectivity index (χ1) is 10.1. The molecule has 0 atom stereocenters. The number of rotatable bonds is 2. The lowest BCUT2D eigenvalue weighted by atomic mass is 10.1. The zero-order chi connectivity index (χ0) is 15.0. The number of hydrogen-bond donors (Lipinski definition) is 1. The average molecular weight is 365 g/mol. The molecule has 0 aliphatic rings. The van der Waals surface area contributed by atoms with Gasteiger partial charge in [0.15, 0.2) is 5.82 Å². The second kappa shape index (κ2) is 5.50. The molecule has 0 amide bonds. The van der Waals surface area contributed by atoms with E-state index in [4.69, 9.17) is 22.1 Å². The molecule has 21 heavy (non-hydrogen) atoms. The smallest absolute Gasteiger partial charge is 0.165 e. The van der Waals surface area contributed by atoms with Crippen LogP contribution in [0.1, 0.15) is 0 Å². The topological polar surface area (TPSA) is 61.0 Å². The highest BCUT2D eigenvalue weighted by molar-refractivity contribution is 9.10. The van der Waals surface area contributed by atoms with Gasteiger partial charge in [-0.05, 0) is 36.4 Å². The van der Waals surface area contributed by atoms with E-state index < -0.39 is 0 Å². The van der Waals surface area contributed by atoms with Crippen LogP contribution in [0.25, 0.3) is 22.3 Å². The summed E-state index contributed by atoms with van der Waals surface area (Å²) in [6.45, 7) is 0. The highest BCUT2D eigenvalue weighted by atomic mass is 79.9. The number of nitrogen functional groups attached to an aromatic ring is 1. The van der Waals surface area contributed by atoms with Gasteiger partial charge in [0, 0.05) is 14.9 Å². The summed E-state index contributed by atoms with van der Waals surface area (Å²) in [7, 11) is 1.58. The maximum atomic E-state index is 6.05. The number of anilines is 1. The Labute approximate surface area is 135 Å². The highest BCUT2D eigenvalue weighted by Crippen LogP contribution is 2.32. The van der Waals surface area contributed by atoms with Crippen molar-refractivity contribution >= 4 is 44.3 Å². The van der Waals surface area contributed by atoms with Crippen LogP contribution in [0.15, 0.2) is 40.9 Å². The number of aromatic nitrogens is 2. The first kappa shape index (κ1) is 14.1. The van der Waals surface area contributed by atoms with Gasteiger partial charge in [-0.15, -0.1) is 0 Å². The Bertz CT molecular complexity index is 839. The Morgan fingerprint density at radius 3 is 2.71 bits per heavy atom. The predicted octanol–water partition coefficient (Wildman–Crippen LogP) is 4.30. The molecule has 0 saturated heterocycles. The van der Waals surface area contributed by atoms with E-state index in [0.717, 1.165) is 20.9 Å². The van der Waals surface area contributed by atoms with E-state index >= 15 is 0 Å². The molecular formula is C15H11BrClN3O. The molecular weight excluding hydrogens is 354 g/mol. The van der Waals surface area contributed by atoms with Crippen LogP contribution < -0.4 is 10.5 Å². The predicted molar refractivity (Wildman–Crippen MR) is 88.6 cm³/mol. The van der Waals surface area contributed by atoms with E-state index in [1.807, 2.05) is 24.3 Å². The average Bonchev–Trinajstić information content (AvgIpc) is 2.47. The summed E-state index contributed by atoms with van der Waals surface area (Å²) in [6, 6.07) is 11.0. The fraction of sp³-hybridized carbons (Fsp3) is 0.0667. The minimum absolute atomic E-state index is 0.424.